The van der Waals surface area contributed by atoms with Crippen molar-refractivity contribution in [1.29, 1.82) is 0 Å². The maximum absolute atomic E-state index is 3.26. The second-order valence-corrected chi connectivity index (χ2v) is 7.26. The summed E-state index contributed by atoms with van der Waals surface area (Å²) in [4.78, 5) is 2.52. The van der Waals surface area contributed by atoms with Crippen molar-refractivity contribution in [2.24, 2.45) is 0 Å². The third kappa shape index (κ3) is 4.92. The largest absolute Gasteiger partial charge is 0.130 e. The molecule has 0 aliphatic heterocycles. The molecule has 0 unspecified atom stereocenters. The molecular weight excluding hydrogens is 316 g/mol. The molecule has 0 aliphatic rings. The molecule has 0 atom stereocenters. The molecule has 0 spiro atoms. The topological polar surface area (TPSA) is 0 Å². The molecule has 115 valence electrons. The third-order valence-corrected chi connectivity index (χ3v) is 5.42. The number of thioether (sulfide) groups is 2. The number of rotatable bonds is 6. The fourth-order valence-electron chi connectivity index (χ4n) is 2.44. The van der Waals surface area contributed by atoms with Gasteiger partial charge in [-0.1, -0.05) is 54.6 Å². The van der Waals surface area contributed by atoms with Gasteiger partial charge < -0.3 is 0 Å². The van der Waals surface area contributed by atoms with E-state index in [-0.39, 0.29) is 0 Å². The molecule has 3 aromatic rings. The zero-order valence-corrected chi connectivity index (χ0v) is 14.8. The van der Waals surface area contributed by atoms with Crippen molar-refractivity contribution in [2.75, 3.05) is 6.26 Å². The fourth-order valence-corrected chi connectivity index (χ4v) is 3.67. The first-order valence-corrected chi connectivity index (χ1v) is 9.85. The average Bonchev–Trinajstić information content (AvgIpc) is 2.62. The van der Waals surface area contributed by atoms with Gasteiger partial charge in [-0.05, 0) is 53.6 Å². The van der Waals surface area contributed by atoms with Crippen molar-refractivity contribution in [3.05, 3.63) is 95.6 Å². The van der Waals surface area contributed by atoms with Gasteiger partial charge in [0, 0.05) is 15.5 Å². The number of hydrogen-bond acceptors (Lipinski definition) is 2. The first kappa shape index (κ1) is 16.2. The second-order valence-electron chi connectivity index (χ2n) is 5.36. The van der Waals surface area contributed by atoms with Crippen LogP contribution in [0.5, 0.6) is 0 Å². The van der Waals surface area contributed by atoms with E-state index >= 15 is 0 Å². The molecule has 0 fully saturated rings. The Morgan fingerprint density at radius 1 is 0.826 bits per heavy atom. The molecule has 0 amide bonds. The lowest BCUT2D eigenvalue weighted by Crippen LogP contribution is -1.90. The standard InChI is InChI=1S/C21H19S2/c1-22-20-12-10-17(11-13-20)14-18-6-5-7-19(15-18)16-23-21-8-3-2-4-9-21/h2-8,10-13,15H,14,16H2,1H3. The molecule has 0 nitrogen and oxygen atoms in total. The molecule has 0 aromatic heterocycles. The van der Waals surface area contributed by atoms with E-state index in [9.17, 15) is 0 Å². The van der Waals surface area contributed by atoms with Crippen LogP contribution in [0.25, 0.3) is 0 Å². The summed E-state index contributed by atoms with van der Waals surface area (Å²) in [6.07, 6.45) is 3.10. The summed E-state index contributed by atoms with van der Waals surface area (Å²) < 4.78 is 0. The van der Waals surface area contributed by atoms with E-state index in [1.807, 2.05) is 23.9 Å². The molecule has 0 aliphatic carbocycles. The molecule has 3 aromatic carbocycles. The Morgan fingerprint density at radius 2 is 1.65 bits per heavy atom. The quantitative estimate of drug-likeness (QED) is 0.500. The molecule has 3 rings (SSSR count). The maximum atomic E-state index is 3.26. The molecular formula is C21H19S2. The van der Waals surface area contributed by atoms with Crippen LogP contribution in [0, 0.1) is 6.07 Å². The van der Waals surface area contributed by atoms with Crippen LogP contribution in [-0.2, 0) is 12.2 Å². The van der Waals surface area contributed by atoms with E-state index in [0.29, 0.717) is 0 Å². The van der Waals surface area contributed by atoms with Gasteiger partial charge in [0.15, 0.2) is 0 Å². The monoisotopic (exact) mass is 335 g/mol. The summed E-state index contributed by atoms with van der Waals surface area (Å²) in [6, 6.07) is 29.2. The third-order valence-electron chi connectivity index (χ3n) is 3.63. The Kier molecular flexibility index (Phi) is 5.84. The highest BCUT2D eigenvalue weighted by molar-refractivity contribution is 7.98. The summed E-state index contributed by atoms with van der Waals surface area (Å²) in [7, 11) is 0. The lowest BCUT2D eigenvalue weighted by molar-refractivity contribution is 1.17. The van der Waals surface area contributed by atoms with Crippen molar-refractivity contribution in [1.82, 2.24) is 0 Å². The molecule has 0 saturated carbocycles. The maximum Gasteiger partial charge on any atom is 0.0232 e. The zero-order chi connectivity index (χ0) is 15.9. The number of benzene rings is 3. The van der Waals surface area contributed by atoms with Crippen molar-refractivity contribution < 1.29 is 0 Å². The summed E-state index contributed by atoms with van der Waals surface area (Å²) in [5.74, 6) is 0.986. The summed E-state index contributed by atoms with van der Waals surface area (Å²) in [5.41, 5.74) is 4.10. The van der Waals surface area contributed by atoms with E-state index in [1.54, 1.807) is 11.8 Å². The molecule has 0 saturated heterocycles. The predicted molar refractivity (Wildman–Crippen MR) is 102 cm³/mol. The van der Waals surface area contributed by atoms with Gasteiger partial charge in [0.1, 0.15) is 0 Å². The summed E-state index contributed by atoms with van der Waals surface area (Å²) in [6.45, 7) is 0. The first-order chi connectivity index (χ1) is 11.3. The van der Waals surface area contributed by atoms with Gasteiger partial charge in [0.25, 0.3) is 0 Å². The van der Waals surface area contributed by atoms with Crippen LogP contribution in [0.3, 0.4) is 0 Å². The van der Waals surface area contributed by atoms with E-state index in [2.05, 4.69) is 73.0 Å². The van der Waals surface area contributed by atoms with Crippen molar-refractivity contribution in [3.63, 3.8) is 0 Å². The first-order valence-electron chi connectivity index (χ1n) is 7.64. The van der Waals surface area contributed by atoms with Crippen LogP contribution >= 0.6 is 23.5 Å². The van der Waals surface area contributed by atoms with Crippen LogP contribution in [0.1, 0.15) is 16.7 Å². The minimum Gasteiger partial charge on any atom is -0.130 e. The Labute approximate surface area is 147 Å². The van der Waals surface area contributed by atoms with Crippen LogP contribution < -0.4 is 0 Å². The minimum atomic E-state index is 0.986. The molecule has 0 bridgehead atoms. The van der Waals surface area contributed by atoms with Crippen LogP contribution in [0.15, 0.2) is 82.6 Å². The molecule has 1 radical (unpaired) electrons. The lowest BCUT2D eigenvalue weighted by Gasteiger charge is -2.06. The van der Waals surface area contributed by atoms with E-state index in [4.69, 9.17) is 0 Å². The fraction of sp³-hybridized carbons (Fsp3) is 0.143. The van der Waals surface area contributed by atoms with Gasteiger partial charge in [-0.25, -0.2) is 0 Å². The van der Waals surface area contributed by atoms with Gasteiger partial charge in [-0.2, -0.15) is 0 Å². The van der Waals surface area contributed by atoms with Crippen molar-refractivity contribution in [3.8, 4) is 0 Å². The lowest BCUT2D eigenvalue weighted by atomic mass is 10.0. The minimum absolute atomic E-state index is 0.986. The average molecular weight is 336 g/mol. The highest BCUT2D eigenvalue weighted by atomic mass is 32.2. The van der Waals surface area contributed by atoms with E-state index in [1.165, 1.54) is 26.5 Å². The summed E-state index contributed by atoms with van der Waals surface area (Å²) in [5, 5.41) is 0. The van der Waals surface area contributed by atoms with Gasteiger partial charge >= 0.3 is 0 Å². The Morgan fingerprint density at radius 3 is 2.39 bits per heavy atom. The van der Waals surface area contributed by atoms with Gasteiger partial charge in [-0.15, -0.1) is 23.5 Å². The van der Waals surface area contributed by atoms with E-state index in [0.717, 1.165) is 12.2 Å². The normalized spacial score (nSPS) is 10.7. The molecule has 0 N–H and O–H groups in total. The van der Waals surface area contributed by atoms with Crippen LogP contribution in [0.4, 0.5) is 0 Å². The second kappa shape index (κ2) is 8.28. The Hall–Kier alpha value is -1.64. The van der Waals surface area contributed by atoms with Gasteiger partial charge in [0.2, 0.25) is 0 Å². The van der Waals surface area contributed by atoms with Crippen molar-refractivity contribution in [2.45, 2.75) is 22.0 Å². The number of hydrogen-bond donors (Lipinski definition) is 0. The molecule has 23 heavy (non-hydrogen) atoms. The highest BCUT2D eigenvalue weighted by Gasteiger charge is 2.01. The van der Waals surface area contributed by atoms with E-state index < -0.39 is 0 Å². The van der Waals surface area contributed by atoms with Crippen LogP contribution in [-0.4, -0.2) is 6.26 Å². The highest BCUT2D eigenvalue weighted by Crippen LogP contribution is 2.23. The molecule has 0 heterocycles. The SMILES string of the molecule is CSc1ccc(Cc2cccc(CSc3[c]cccc3)c2)cc1. The van der Waals surface area contributed by atoms with Crippen LogP contribution in [0.2, 0.25) is 0 Å². The Bertz CT molecular complexity index is 733. The molecule has 2 heteroatoms. The Balaban J connectivity index is 1.64. The van der Waals surface area contributed by atoms with Gasteiger partial charge in [0.05, 0.1) is 0 Å². The van der Waals surface area contributed by atoms with Gasteiger partial charge in [-0.3, -0.25) is 0 Å². The summed E-state index contributed by atoms with van der Waals surface area (Å²) >= 11 is 3.62. The smallest absolute Gasteiger partial charge is 0.0232 e. The zero-order valence-electron chi connectivity index (χ0n) is 13.2. The van der Waals surface area contributed by atoms with Crippen molar-refractivity contribution >= 4 is 23.5 Å². The predicted octanol–water partition coefficient (Wildman–Crippen LogP) is 6.09.